The number of anilines is 1. The number of guanidine groups is 1. The van der Waals surface area contributed by atoms with E-state index in [1.54, 1.807) is 24.1 Å². The van der Waals surface area contributed by atoms with Crippen LogP contribution in [0.5, 0.6) is 5.75 Å². The fourth-order valence-corrected chi connectivity index (χ4v) is 3.01. The van der Waals surface area contributed by atoms with E-state index < -0.39 is 0 Å². The molecule has 1 aliphatic heterocycles. The third-order valence-corrected chi connectivity index (χ3v) is 4.39. The van der Waals surface area contributed by atoms with Gasteiger partial charge in [-0.1, -0.05) is 24.3 Å². The highest BCUT2D eigenvalue weighted by molar-refractivity contribution is 14.0. The van der Waals surface area contributed by atoms with Crippen molar-refractivity contribution < 1.29 is 9.13 Å². The van der Waals surface area contributed by atoms with Gasteiger partial charge in [-0.2, -0.15) is 0 Å². The van der Waals surface area contributed by atoms with Crippen LogP contribution in [-0.4, -0.2) is 39.8 Å². The molecule has 3 rings (SSSR count). The molecule has 0 aliphatic carbocycles. The van der Waals surface area contributed by atoms with E-state index in [1.807, 2.05) is 38.4 Å². The third-order valence-electron chi connectivity index (χ3n) is 4.39. The van der Waals surface area contributed by atoms with E-state index >= 15 is 0 Å². The average molecular weight is 484 g/mol. The highest BCUT2D eigenvalue weighted by atomic mass is 127. The largest absolute Gasteiger partial charge is 0.488 e. The molecule has 1 atom stereocenters. The first-order valence-electron chi connectivity index (χ1n) is 8.71. The summed E-state index contributed by atoms with van der Waals surface area (Å²) < 4.78 is 20.0. The van der Waals surface area contributed by atoms with Gasteiger partial charge < -0.3 is 20.3 Å². The molecule has 0 amide bonds. The van der Waals surface area contributed by atoms with Crippen molar-refractivity contribution in [2.24, 2.45) is 4.99 Å². The van der Waals surface area contributed by atoms with Crippen LogP contribution in [0.2, 0.25) is 0 Å². The number of nitrogens with one attached hydrogen (secondary N) is 2. The minimum Gasteiger partial charge on any atom is -0.488 e. The Balaban J connectivity index is 0.00000261. The molecule has 0 aromatic heterocycles. The number of nitrogens with zero attached hydrogens (tertiary/aromatic N) is 2. The van der Waals surface area contributed by atoms with Gasteiger partial charge in [-0.15, -0.1) is 24.0 Å². The van der Waals surface area contributed by atoms with Crippen molar-refractivity contribution in [3.05, 3.63) is 59.4 Å². The van der Waals surface area contributed by atoms with Gasteiger partial charge in [0.25, 0.3) is 0 Å². The van der Waals surface area contributed by atoms with Crippen LogP contribution in [0, 0.1) is 5.82 Å². The number of benzene rings is 2. The van der Waals surface area contributed by atoms with Gasteiger partial charge in [0, 0.05) is 34.1 Å². The second-order valence-corrected chi connectivity index (χ2v) is 6.54. The number of hydrogen-bond donors (Lipinski definition) is 2. The molecule has 146 valence electrons. The van der Waals surface area contributed by atoms with Gasteiger partial charge in [0.05, 0.1) is 12.2 Å². The van der Waals surface area contributed by atoms with Crippen molar-refractivity contribution in [2.45, 2.75) is 19.1 Å². The van der Waals surface area contributed by atoms with Crippen molar-refractivity contribution in [3.63, 3.8) is 0 Å². The fraction of sp³-hybridized carbons (Fsp3) is 0.350. The Hall–Kier alpha value is -2.03. The monoisotopic (exact) mass is 484 g/mol. The third kappa shape index (κ3) is 5.47. The lowest BCUT2D eigenvalue weighted by Crippen LogP contribution is -2.41. The molecule has 1 unspecified atom stereocenters. The molecule has 2 aromatic rings. The van der Waals surface area contributed by atoms with Gasteiger partial charge in [-0.3, -0.25) is 4.99 Å². The smallest absolute Gasteiger partial charge is 0.191 e. The Labute approximate surface area is 177 Å². The predicted octanol–water partition coefficient (Wildman–Crippen LogP) is 3.18. The Kier molecular flexibility index (Phi) is 7.70. The summed E-state index contributed by atoms with van der Waals surface area (Å²) in [5.41, 5.74) is 2.67. The van der Waals surface area contributed by atoms with Gasteiger partial charge in [0.15, 0.2) is 5.96 Å². The van der Waals surface area contributed by atoms with Crippen LogP contribution in [-0.2, 0) is 13.0 Å². The summed E-state index contributed by atoms with van der Waals surface area (Å²) in [4.78, 5) is 5.97. The van der Waals surface area contributed by atoms with Crippen molar-refractivity contribution in [3.8, 4) is 5.75 Å². The van der Waals surface area contributed by atoms with Crippen molar-refractivity contribution in [1.82, 2.24) is 10.6 Å². The summed E-state index contributed by atoms with van der Waals surface area (Å²) in [5.74, 6) is 1.40. The van der Waals surface area contributed by atoms with Gasteiger partial charge in [0.2, 0.25) is 0 Å². The van der Waals surface area contributed by atoms with E-state index in [-0.39, 0.29) is 35.9 Å². The molecule has 2 N–H and O–H groups in total. The van der Waals surface area contributed by atoms with Crippen molar-refractivity contribution >= 4 is 35.6 Å². The summed E-state index contributed by atoms with van der Waals surface area (Å²) in [7, 11) is 5.37. The summed E-state index contributed by atoms with van der Waals surface area (Å²) in [6.45, 7) is 1.15. The highest BCUT2D eigenvalue weighted by Crippen LogP contribution is 2.27. The van der Waals surface area contributed by atoms with Gasteiger partial charge in [-0.25, -0.2) is 4.39 Å². The zero-order chi connectivity index (χ0) is 18.5. The van der Waals surface area contributed by atoms with Crippen LogP contribution in [0.1, 0.15) is 11.1 Å². The zero-order valence-electron chi connectivity index (χ0n) is 15.8. The predicted molar refractivity (Wildman–Crippen MR) is 119 cm³/mol. The van der Waals surface area contributed by atoms with Crippen molar-refractivity contribution in [2.75, 3.05) is 32.6 Å². The maximum atomic E-state index is 14.1. The van der Waals surface area contributed by atoms with Gasteiger partial charge >= 0.3 is 0 Å². The molecule has 0 spiro atoms. The standard InChI is InChI=1S/C20H25FN4O.HI/c1-22-20(23-12-14-8-9-18(25(2)3)17(21)10-14)24-13-16-11-15-6-4-5-7-19(15)26-16;/h4-10,16H,11-13H2,1-3H3,(H2,22,23,24);1H. The quantitative estimate of drug-likeness (QED) is 0.389. The summed E-state index contributed by atoms with van der Waals surface area (Å²) in [6.07, 6.45) is 0.972. The van der Waals surface area contributed by atoms with E-state index in [0.29, 0.717) is 24.7 Å². The molecule has 0 fully saturated rings. The van der Waals surface area contributed by atoms with Crippen LogP contribution in [0.4, 0.5) is 10.1 Å². The Morgan fingerprint density at radius 2 is 2.00 bits per heavy atom. The van der Waals surface area contributed by atoms with Gasteiger partial charge in [-0.05, 0) is 29.3 Å². The van der Waals surface area contributed by atoms with Crippen LogP contribution < -0.4 is 20.3 Å². The second kappa shape index (κ2) is 9.77. The van der Waals surface area contributed by atoms with Crippen LogP contribution in [0.25, 0.3) is 0 Å². The Bertz CT molecular complexity index is 772. The number of para-hydroxylation sites is 1. The number of hydrogen-bond acceptors (Lipinski definition) is 3. The number of ether oxygens (including phenoxy) is 1. The Morgan fingerprint density at radius 1 is 1.22 bits per heavy atom. The molecule has 7 heteroatoms. The topological polar surface area (TPSA) is 48.9 Å². The first kappa shape index (κ1) is 21.3. The summed E-state index contributed by atoms with van der Waals surface area (Å²) in [5, 5.41) is 6.48. The molecule has 0 saturated heterocycles. The lowest BCUT2D eigenvalue weighted by Gasteiger charge is -2.17. The van der Waals surface area contributed by atoms with E-state index in [9.17, 15) is 4.39 Å². The number of rotatable bonds is 5. The Morgan fingerprint density at radius 3 is 2.67 bits per heavy atom. The van der Waals surface area contributed by atoms with E-state index in [0.717, 1.165) is 17.7 Å². The lowest BCUT2D eigenvalue weighted by atomic mass is 10.1. The normalized spacial score (nSPS) is 15.4. The molecule has 0 saturated carbocycles. The molecular formula is C20H26FIN4O. The molecule has 0 radical (unpaired) electrons. The number of fused-ring (bicyclic) bond motifs is 1. The minimum absolute atomic E-state index is 0. The average Bonchev–Trinajstić information content (AvgIpc) is 3.04. The zero-order valence-corrected chi connectivity index (χ0v) is 18.2. The molecular weight excluding hydrogens is 458 g/mol. The van der Waals surface area contributed by atoms with E-state index in [2.05, 4.69) is 21.7 Å². The summed E-state index contributed by atoms with van der Waals surface area (Å²) in [6, 6.07) is 13.3. The SMILES string of the molecule is CN=C(NCc1ccc(N(C)C)c(F)c1)NCC1Cc2ccccc2O1.I. The van der Waals surface area contributed by atoms with Crippen LogP contribution >= 0.6 is 24.0 Å². The maximum Gasteiger partial charge on any atom is 0.191 e. The minimum atomic E-state index is -0.227. The molecule has 0 bridgehead atoms. The molecule has 2 aromatic carbocycles. The molecule has 5 nitrogen and oxygen atoms in total. The second-order valence-electron chi connectivity index (χ2n) is 6.54. The first-order chi connectivity index (χ1) is 12.6. The first-order valence-corrected chi connectivity index (χ1v) is 8.71. The maximum absolute atomic E-state index is 14.1. The van der Waals surface area contributed by atoms with Crippen LogP contribution in [0.15, 0.2) is 47.5 Å². The molecule has 27 heavy (non-hydrogen) atoms. The van der Waals surface area contributed by atoms with E-state index in [4.69, 9.17) is 4.74 Å². The van der Waals surface area contributed by atoms with Crippen molar-refractivity contribution in [1.29, 1.82) is 0 Å². The van der Waals surface area contributed by atoms with Crippen LogP contribution in [0.3, 0.4) is 0 Å². The van der Waals surface area contributed by atoms with Gasteiger partial charge in [0.1, 0.15) is 17.7 Å². The fourth-order valence-electron chi connectivity index (χ4n) is 3.01. The highest BCUT2D eigenvalue weighted by Gasteiger charge is 2.22. The molecule has 1 heterocycles. The van der Waals surface area contributed by atoms with E-state index in [1.165, 1.54) is 5.56 Å². The molecule has 1 aliphatic rings. The lowest BCUT2D eigenvalue weighted by molar-refractivity contribution is 0.235. The number of aliphatic imine (C=N–C) groups is 1. The summed E-state index contributed by atoms with van der Waals surface area (Å²) >= 11 is 0. The number of halogens is 2.